The summed E-state index contributed by atoms with van der Waals surface area (Å²) in [5.74, 6) is 0.852. The van der Waals surface area contributed by atoms with Gasteiger partial charge in [0, 0.05) is 44.7 Å². The summed E-state index contributed by atoms with van der Waals surface area (Å²) >= 11 is 13.2. The van der Waals surface area contributed by atoms with Gasteiger partial charge in [0.05, 0.1) is 22.4 Å². The van der Waals surface area contributed by atoms with E-state index in [9.17, 15) is 4.79 Å². The van der Waals surface area contributed by atoms with Crippen molar-refractivity contribution in [1.29, 1.82) is 0 Å². The summed E-state index contributed by atoms with van der Waals surface area (Å²) in [5, 5.41) is 12.9. The van der Waals surface area contributed by atoms with Gasteiger partial charge in [-0.25, -0.2) is 0 Å². The van der Waals surface area contributed by atoms with E-state index in [4.69, 9.17) is 27.9 Å². The molecule has 0 saturated heterocycles. The summed E-state index contributed by atoms with van der Waals surface area (Å²) in [7, 11) is 3.65. The highest BCUT2D eigenvalue weighted by atomic mass is 35.5. The Morgan fingerprint density at radius 1 is 1.24 bits per heavy atom. The van der Waals surface area contributed by atoms with E-state index in [1.807, 2.05) is 34.5 Å². The lowest BCUT2D eigenvalue weighted by atomic mass is 10.3. The normalized spacial score (nSPS) is 11.0. The monoisotopic (exact) mass is 453 g/mol. The van der Waals surface area contributed by atoms with Gasteiger partial charge in [-0.15, -0.1) is 10.2 Å². The van der Waals surface area contributed by atoms with Crippen LogP contribution in [-0.2, 0) is 29.5 Å². The highest BCUT2D eigenvalue weighted by molar-refractivity contribution is 7.99. The summed E-state index contributed by atoms with van der Waals surface area (Å²) in [6, 6.07) is 9.01. The van der Waals surface area contributed by atoms with Gasteiger partial charge >= 0.3 is 0 Å². The molecule has 0 aliphatic rings. The molecule has 0 saturated carbocycles. The molecule has 1 amide bonds. The van der Waals surface area contributed by atoms with Crippen molar-refractivity contribution in [3.05, 3.63) is 58.1 Å². The highest BCUT2D eigenvalue weighted by Crippen LogP contribution is 2.25. The van der Waals surface area contributed by atoms with E-state index >= 15 is 0 Å². The topological polar surface area (TPSA) is 74.0 Å². The summed E-state index contributed by atoms with van der Waals surface area (Å²) < 4.78 is 9.26. The van der Waals surface area contributed by atoms with Crippen molar-refractivity contribution in [2.45, 2.75) is 18.1 Å². The lowest BCUT2D eigenvalue weighted by Gasteiger charge is -2.10. The molecule has 0 aliphatic heterocycles. The number of ether oxygens (including phenoxy) is 1. The number of carbonyl (C=O) groups excluding carboxylic acids is 1. The van der Waals surface area contributed by atoms with Crippen molar-refractivity contribution in [2.75, 3.05) is 24.8 Å². The molecular weight excluding hydrogens is 433 g/mol. The van der Waals surface area contributed by atoms with Crippen molar-refractivity contribution in [3.8, 4) is 0 Å². The zero-order valence-electron chi connectivity index (χ0n) is 16.1. The molecule has 2 aromatic heterocycles. The number of rotatable bonds is 9. The Hall–Kier alpha value is -2.00. The van der Waals surface area contributed by atoms with Crippen molar-refractivity contribution in [2.24, 2.45) is 7.05 Å². The van der Waals surface area contributed by atoms with E-state index in [0.717, 1.165) is 11.5 Å². The first-order valence-electron chi connectivity index (χ1n) is 8.87. The molecule has 154 valence electrons. The molecule has 0 radical (unpaired) electrons. The second kappa shape index (κ2) is 10.2. The van der Waals surface area contributed by atoms with Crippen molar-refractivity contribution in [3.63, 3.8) is 0 Å². The van der Waals surface area contributed by atoms with E-state index in [1.165, 1.54) is 11.8 Å². The minimum absolute atomic E-state index is 0.168. The Morgan fingerprint density at radius 2 is 2.07 bits per heavy atom. The molecule has 3 aromatic rings. The van der Waals surface area contributed by atoms with Gasteiger partial charge < -0.3 is 19.2 Å². The van der Waals surface area contributed by atoms with Gasteiger partial charge in [-0.05, 0) is 30.3 Å². The maximum atomic E-state index is 12.3. The standard InChI is InChI=1S/C19H21Cl2N5O2S/c1-25-7-3-4-14(25)11-17-23-24-19(26(17)8-9-28-2)29-12-18(27)22-13-5-6-15(20)16(21)10-13/h3-7,10H,8-9,11-12H2,1-2H3,(H,22,27). The average Bonchev–Trinajstić information content (AvgIpc) is 3.27. The largest absolute Gasteiger partial charge is 0.383 e. The smallest absolute Gasteiger partial charge is 0.234 e. The predicted octanol–water partition coefficient (Wildman–Crippen LogP) is 3.89. The van der Waals surface area contributed by atoms with E-state index in [0.29, 0.717) is 40.5 Å². The van der Waals surface area contributed by atoms with E-state index in [-0.39, 0.29) is 11.7 Å². The van der Waals surface area contributed by atoms with Crippen LogP contribution >= 0.6 is 35.0 Å². The second-order valence-electron chi connectivity index (χ2n) is 6.30. The molecule has 0 aliphatic carbocycles. The quantitative estimate of drug-likeness (QED) is 0.497. The van der Waals surface area contributed by atoms with Crippen LogP contribution in [0.4, 0.5) is 5.69 Å². The Balaban J connectivity index is 1.66. The SMILES string of the molecule is COCCn1c(Cc2cccn2C)nnc1SCC(=O)Nc1ccc(Cl)c(Cl)c1. The lowest BCUT2D eigenvalue weighted by molar-refractivity contribution is -0.113. The summed E-state index contributed by atoms with van der Waals surface area (Å²) in [4.78, 5) is 12.3. The highest BCUT2D eigenvalue weighted by Gasteiger charge is 2.16. The number of nitrogens with one attached hydrogen (secondary N) is 1. The number of benzene rings is 1. The van der Waals surface area contributed by atoms with Crippen LogP contribution in [0.25, 0.3) is 0 Å². The average molecular weight is 454 g/mol. The van der Waals surface area contributed by atoms with Gasteiger partial charge in [0.1, 0.15) is 5.82 Å². The summed E-state index contributed by atoms with van der Waals surface area (Å²) in [5.41, 5.74) is 1.72. The number of methoxy groups -OCH3 is 1. The number of halogens is 2. The predicted molar refractivity (Wildman–Crippen MR) is 116 cm³/mol. The molecule has 1 aromatic carbocycles. The summed E-state index contributed by atoms with van der Waals surface area (Å²) in [6.07, 6.45) is 2.64. The van der Waals surface area contributed by atoms with Crippen LogP contribution in [0.3, 0.4) is 0 Å². The van der Waals surface area contributed by atoms with Gasteiger partial charge in [-0.2, -0.15) is 0 Å². The van der Waals surface area contributed by atoms with Crippen LogP contribution in [0.1, 0.15) is 11.5 Å². The zero-order valence-corrected chi connectivity index (χ0v) is 18.4. The molecular formula is C19H21Cl2N5O2S. The number of hydrogen-bond donors (Lipinski definition) is 1. The van der Waals surface area contributed by atoms with Crippen LogP contribution in [0.2, 0.25) is 10.0 Å². The fourth-order valence-electron chi connectivity index (χ4n) is 2.71. The Bertz CT molecular complexity index is 989. The first-order valence-corrected chi connectivity index (χ1v) is 10.6. The molecule has 10 heteroatoms. The molecule has 1 N–H and O–H groups in total. The molecule has 0 fully saturated rings. The molecule has 3 rings (SSSR count). The van der Waals surface area contributed by atoms with Crippen LogP contribution in [0.15, 0.2) is 41.7 Å². The maximum Gasteiger partial charge on any atom is 0.234 e. The van der Waals surface area contributed by atoms with Gasteiger partial charge in [0.2, 0.25) is 5.91 Å². The number of thioether (sulfide) groups is 1. The van der Waals surface area contributed by atoms with Crippen molar-refractivity contribution >= 4 is 46.6 Å². The number of amides is 1. The fourth-order valence-corrected chi connectivity index (χ4v) is 3.79. The molecule has 0 spiro atoms. The van der Waals surface area contributed by atoms with Crippen LogP contribution in [0.5, 0.6) is 0 Å². The molecule has 7 nitrogen and oxygen atoms in total. The third kappa shape index (κ3) is 5.76. The molecule has 0 unspecified atom stereocenters. The molecule has 29 heavy (non-hydrogen) atoms. The number of nitrogens with zero attached hydrogens (tertiary/aromatic N) is 4. The first-order chi connectivity index (χ1) is 14.0. The Morgan fingerprint density at radius 3 is 2.76 bits per heavy atom. The first kappa shape index (κ1) is 21.7. The van der Waals surface area contributed by atoms with Gasteiger partial charge in [0.15, 0.2) is 5.16 Å². The van der Waals surface area contributed by atoms with Gasteiger partial charge in [-0.1, -0.05) is 35.0 Å². The second-order valence-corrected chi connectivity index (χ2v) is 8.05. The molecule has 0 atom stereocenters. The Labute approximate surface area is 183 Å². The number of anilines is 1. The lowest BCUT2D eigenvalue weighted by Crippen LogP contribution is -2.15. The molecule has 2 heterocycles. The van der Waals surface area contributed by atoms with Crippen molar-refractivity contribution < 1.29 is 9.53 Å². The van der Waals surface area contributed by atoms with E-state index < -0.39 is 0 Å². The van der Waals surface area contributed by atoms with Crippen molar-refractivity contribution in [1.82, 2.24) is 19.3 Å². The molecule has 0 bridgehead atoms. The Kier molecular flexibility index (Phi) is 7.60. The summed E-state index contributed by atoms with van der Waals surface area (Å²) in [6.45, 7) is 1.14. The van der Waals surface area contributed by atoms with Crippen LogP contribution < -0.4 is 5.32 Å². The number of aryl methyl sites for hydroxylation is 1. The zero-order chi connectivity index (χ0) is 20.8. The van der Waals surface area contributed by atoms with Gasteiger partial charge in [0.25, 0.3) is 0 Å². The van der Waals surface area contributed by atoms with E-state index in [2.05, 4.69) is 15.5 Å². The van der Waals surface area contributed by atoms with Gasteiger partial charge in [-0.3, -0.25) is 4.79 Å². The van der Waals surface area contributed by atoms with Crippen LogP contribution in [0, 0.1) is 0 Å². The third-order valence-electron chi connectivity index (χ3n) is 4.24. The maximum absolute atomic E-state index is 12.3. The number of hydrogen-bond acceptors (Lipinski definition) is 5. The number of carbonyl (C=O) groups is 1. The minimum atomic E-state index is -0.168. The fraction of sp³-hybridized carbons (Fsp3) is 0.316. The van der Waals surface area contributed by atoms with E-state index in [1.54, 1.807) is 25.3 Å². The minimum Gasteiger partial charge on any atom is -0.383 e. The third-order valence-corrected chi connectivity index (χ3v) is 5.94. The van der Waals surface area contributed by atoms with Crippen LogP contribution in [-0.4, -0.2) is 44.7 Å². The number of aromatic nitrogens is 4.